The molecule has 0 saturated heterocycles. The van der Waals surface area contributed by atoms with Crippen molar-refractivity contribution in [1.29, 1.82) is 0 Å². The third-order valence-electron chi connectivity index (χ3n) is 0.710. The minimum absolute atomic E-state index is 0.662. The maximum atomic E-state index is 4.58. The van der Waals surface area contributed by atoms with Gasteiger partial charge in [0, 0.05) is 16.8 Å². The molecular weight excluding hydrogens is 130 g/mol. The van der Waals surface area contributed by atoms with E-state index in [2.05, 4.69) is 37.3 Å². The van der Waals surface area contributed by atoms with Crippen LogP contribution < -0.4 is 5.32 Å². The molecule has 1 nitrogen and oxygen atoms in total. The van der Waals surface area contributed by atoms with Gasteiger partial charge in [-0.1, -0.05) is 32.0 Å². The highest BCUT2D eigenvalue weighted by Crippen LogP contribution is 1.87. The maximum Gasteiger partial charge on any atom is 0.0420 e. The highest BCUT2D eigenvalue weighted by atomic mass is 32.1. The smallest absolute Gasteiger partial charge is 0.0420 e. The van der Waals surface area contributed by atoms with Gasteiger partial charge >= 0.3 is 0 Å². The summed E-state index contributed by atoms with van der Waals surface area (Å²) in [7, 11) is 0. The molecular formula is C7H9NS. The SMILES string of the molecule is C=CC(=C)NC(=C)C=S. The first-order chi connectivity index (χ1) is 4.20. The summed E-state index contributed by atoms with van der Waals surface area (Å²) >= 11 is 4.58. The summed E-state index contributed by atoms with van der Waals surface area (Å²) in [6.07, 6.45) is 1.60. The maximum absolute atomic E-state index is 4.58. The lowest BCUT2D eigenvalue weighted by atomic mass is 10.4. The molecule has 0 aliphatic heterocycles. The monoisotopic (exact) mass is 139 g/mol. The molecule has 9 heavy (non-hydrogen) atoms. The Morgan fingerprint density at radius 3 is 2.22 bits per heavy atom. The van der Waals surface area contributed by atoms with E-state index in [1.807, 2.05) is 0 Å². The Morgan fingerprint density at radius 1 is 1.33 bits per heavy atom. The molecule has 0 amide bonds. The molecule has 0 aromatic carbocycles. The van der Waals surface area contributed by atoms with Crippen molar-refractivity contribution in [2.75, 3.05) is 0 Å². The molecule has 1 N–H and O–H groups in total. The van der Waals surface area contributed by atoms with Gasteiger partial charge in [0.15, 0.2) is 0 Å². The van der Waals surface area contributed by atoms with Crippen LogP contribution in [0.25, 0.3) is 0 Å². The first-order valence-electron chi connectivity index (χ1n) is 2.43. The highest BCUT2D eigenvalue weighted by Gasteiger charge is 1.84. The molecule has 0 aliphatic carbocycles. The second kappa shape index (κ2) is 4.04. The zero-order valence-electron chi connectivity index (χ0n) is 5.18. The summed E-state index contributed by atoms with van der Waals surface area (Å²) in [6, 6.07) is 0. The normalized spacial score (nSPS) is 7.56. The van der Waals surface area contributed by atoms with Gasteiger partial charge in [0.05, 0.1) is 0 Å². The molecule has 2 heteroatoms. The van der Waals surface area contributed by atoms with E-state index in [9.17, 15) is 0 Å². The molecule has 0 rings (SSSR count). The molecule has 0 fully saturated rings. The number of thiocarbonyl (C=S) groups is 1. The summed E-state index contributed by atoms with van der Waals surface area (Å²) < 4.78 is 0. The van der Waals surface area contributed by atoms with Crippen molar-refractivity contribution >= 4 is 17.6 Å². The predicted octanol–water partition coefficient (Wildman–Crippen LogP) is 1.79. The molecule has 0 unspecified atom stereocenters. The van der Waals surface area contributed by atoms with Gasteiger partial charge in [-0.05, 0) is 6.08 Å². The number of allylic oxidation sites excluding steroid dienone is 2. The molecule has 0 atom stereocenters. The van der Waals surface area contributed by atoms with Gasteiger partial charge in [-0.2, -0.15) is 0 Å². The minimum atomic E-state index is 0.662. The van der Waals surface area contributed by atoms with Gasteiger partial charge < -0.3 is 5.32 Å². The fourth-order valence-electron chi connectivity index (χ4n) is 0.287. The van der Waals surface area contributed by atoms with Crippen LogP contribution in [-0.2, 0) is 0 Å². The minimum Gasteiger partial charge on any atom is -0.356 e. The molecule has 0 radical (unpaired) electrons. The Hall–Kier alpha value is -0.890. The van der Waals surface area contributed by atoms with E-state index in [0.717, 1.165) is 0 Å². The first kappa shape index (κ1) is 8.11. The zero-order chi connectivity index (χ0) is 7.28. The molecule has 48 valence electrons. The van der Waals surface area contributed by atoms with Crippen LogP contribution in [0.3, 0.4) is 0 Å². The Morgan fingerprint density at radius 2 is 1.89 bits per heavy atom. The van der Waals surface area contributed by atoms with Gasteiger partial charge in [0.1, 0.15) is 0 Å². The second-order valence-electron chi connectivity index (χ2n) is 1.50. The Bertz CT molecular complexity index is 140. The van der Waals surface area contributed by atoms with Crippen LogP contribution in [0, 0.1) is 0 Å². The van der Waals surface area contributed by atoms with Gasteiger partial charge in [0.2, 0.25) is 0 Å². The largest absolute Gasteiger partial charge is 0.356 e. The third kappa shape index (κ3) is 3.67. The quantitative estimate of drug-likeness (QED) is 0.362. The molecule has 0 aromatic heterocycles. The summed E-state index contributed by atoms with van der Waals surface area (Å²) in [4.78, 5) is 0. The van der Waals surface area contributed by atoms with E-state index in [-0.39, 0.29) is 0 Å². The zero-order valence-corrected chi connectivity index (χ0v) is 6.00. The summed E-state index contributed by atoms with van der Waals surface area (Å²) in [6.45, 7) is 10.7. The number of hydrogen-bond acceptors (Lipinski definition) is 2. The van der Waals surface area contributed by atoms with E-state index < -0.39 is 0 Å². The van der Waals surface area contributed by atoms with Gasteiger partial charge in [-0.3, -0.25) is 0 Å². The van der Waals surface area contributed by atoms with Gasteiger partial charge in [0.25, 0.3) is 0 Å². The van der Waals surface area contributed by atoms with Crippen molar-refractivity contribution in [3.63, 3.8) is 0 Å². The molecule has 0 spiro atoms. The van der Waals surface area contributed by atoms with Crippen molar-refractivity contribution < 1.29 is 0 Å². The van der Waals surface area contributed by atoms with Gasteiger partial charge in [-0.15, -0.1) is 0 Å². The molecule has 0 aliphatic rings. The average Bonchev–Trinajstić information content (AvgIpc) is 1.87. The van der Waals surface area contributed by atoms with Crippen molar-refractivity contribution in [3.8, 4) is 0 Å². The van der Waals surface area contributed by atoms with E-state index in [1.54, 1.807) is 6.08 Å². The van der Waals surface area contributed by atoms with E-state index >= 15 is 0 Å². The standard InChI is InChI=1S/C7H9NS/c1-4-6(2)8-7(3)5-9/h4-5,8H,1-3H2. The van der Waals surface area contributed by atoms with Crippen LogP contribution in [0.1, 0.15) is 0 Å². The highest BCUT2D eigenvalue weighted by molar-refractivity contribution is 7.79. The summed E-state index contributed by atoms with van der Waals surface area (Å²) in [5, 5.41) is 4.27. The number of hydrogen-bond donors (Lipinski definition) is 1. The Kier molecular flexibility index (Phi) is 3.64. The fourth-order valence-corrected chi connectivity index (χ4v) is 0.346. The Labute approximate surface area is 60.8 Å². The lowest BCUT2D eigenvalue weighted by Crippen LogP contribution is -2.08. The van der Waals surface area contributed by atoms with E-state index in [0.29, 0.717) is 11.4 Å². The van der Waals surface area contributed by atoms with Crippen molar-refractivity contribution in [1.82, 2.24) is 5.32 Å². The lowest BCUT2D eigenvalue weighted by Gasteiger charge is -2.01. The average molecular weight is 139 g/mol. The molecule has 0 aromatic rings. The Balaban J connectivity index is 3.73. The lowest BCUT2D eigenvalue weighted by molar-refractivity contribution is 1.09. The van der Waals surface area contributed by atoms with Crippen LogP contribution in [0.2, 0.25) is 0 Å². The topological polar surface area (TPSA) is 12.0 Å². The van der Waals surface area contributed by atoms with Crippen molar-refractivity contribution in [2.45, 2.75) is 0 Å². The molecule has 0 bridgehead atoms. The number of nitrogens with one attached hydrogen (secondary N) is 1. The van der Waals surface area contributed by atoms with Crippen LogP contribution in [0.5, 0.6) is 0 Å². The van der Waals surface area contributed by atoms with Crippen molar-refractivity contribution in [2.24, 2.45) is 0 Å². The van der Waals surface area contributed by atoms with Gasteiger partial charge in [-0.25, -0.2) is 0 Å². The summed E-state index contributed by atoms with van der Waals surface area (Å²) in [5.74, 6) is 0. The van der Waals surface area contributed by atoms with Crippen molar-refractivity contribution in [3.05, 3.63) is 37.2 Å². The molecule has 0 saturated carbocycles. The van der Waals surface area contributed by atoms with E-state index in [1.165, 1.54) is 5.37 Å². The van der Waals surface area contributed by atoms with Crippen LogP contribution >= 0.6 is 12.2 Å². The van der Waals surface area contributed by atoms with Crippen LogP contribution in [0.4, 0.5) is 0 Å². The van der Waals surface area contributed by atoms with Crippen LogP contribution in [0.15, 0.2) is 37.2 Å². The third-order valence-corrected chi connectivity index (χ3v) is 0.994. The van der Waals surface area contributed by atoms with Crippen LogP contribution in [-0.4, -0.2) is 5.37 Å². The fraction of sp³-hybridized carbons (Fsp3) is 0. The number of rotatable bonds is 4. The van der Waals surface area contributed by atoms with E-state index in [4.69, 9.17) is 0 Å². The summed E-state index contributed by atoms with van der Waals surface area (Å²) in [5.41, 5.74) is 1.37. The predicted molar refractivity (Wildman–Crippen MR) is 45.3 cm³/mol. The first-order valence-corrected chi connectivity index (χ1v) is 2.90. The molecule has 0 heterocycles. The second-order valence-corrected chi connectivity index (χ2v) is 1.73.